The first-order chi connectivity index (χ1) is 15.6. The number of nitrogens with one attached hydrogen (secondary N) is 1. The summed E-state index contributed by atoms with van der Waals surface area (Å²) in [6.07, 6.45) is 7.24. The Morgan fingerprint density at radius 2 is 1.97 bits per heavy atom. The largest absolute Gasteiger partial charge is 0.299 e. The summed E-state index contributed by atoms with van der Waals surface area (Å²) < 4.78 is 15.4. The SMILES string of the molecule is Cc1ccc(-c2nnc(SCC(=O)N/N=C\c3cccc(F)c3)n2C2CCCCC2)cc1. The Hall–Kier alpha value is -3.00. The van der Waals surface area contributed by atoms with E-state index in [9.17, 15) is 9.18 Å². The maximum absolute atomic E-state index is 13.2. The van der Waals surface area contributed by atoms with Crippen molar-refractivity contribution >= 4 is 23.9 Å². The lowest BCUT2D eigenvalue weighted by molar-refractivity contribution is -0.118. The van der Waals surface area contributed by atoms with E-state index in [2.05, 4.69) is 56.5 Å². The van der Waals surface area contributed by atoms with Gasteiger partial charge in [-0.3, -0.25) is 9.36 Å². The summed E-state index contributed by atoms with van der Waals surface area (Å²) in [5, 5.41) is 13.6. The predicted molar refractivity (Wildman–Crippen MR) is 125 cm³/mol. The second kappa shape index (κ2) is 10.5. The quantitative estimate of drug-likeness (QED) is 0.307. The molecule has 3 aromatic rings. The van der Waals surface area contributed by atoms with Gasteiger partial charge in [0.2, 0.25) is 0 Å². The standard InChI is InChI=1S/C24H26FN5OS/c1-17-10-12-19(13-11-17)23-28-29-24(30(23)21-8-3-2-4-9-21)32-16-22(31)27-26-15-18-6-5-7-20(25)14-18/h5-7,10-15,21H,2-4,8-9,16H2,1H3,(H,27,31)/b26-15-. The normalized spacial score (nSPS) is 14.7. The Kier molecular flexibility index (Phi) is 7.32. The van der Waals surface area contributed by atoms with Crippen molar-refractivity contribution in [3.8, 4) is 11.4 Å². The van der Waals surface area contributed by atoms with Crippen molar-refractivity contribution in [3.05, 3.63) is 65.5 Å². The van der Waals surface area contributed by atoms with Crippen LogP contribution in [0.25, 0.3) is 11.4 Å². The molecule has 0 bridgehead atoms. The van der Waals surface area contributed by atoms with E-state index in [4.69, 9.17) is 0 Å². The van der Waals surface area contributed by atoms with E-state index in [0.717, 1.165) is 29.4 Å². The van der Waals surface area contributed by atoms with Crippen LogP contribution in [0.1, 0.15) is 49.3 Å². The van der Waals surface area contributed by atoms with E-state index in [-0.39, 0.29) is 17.5 Å². The number of aryl methyl sites for hydroxylation is 1. The van der Waals surface area contributed by atoms with Crippen molar-refractivity contribution in [3.63, 3.8) is 0 Å². The molecule has 1 amide bonds. The highest BCUT2D eigenvalue weighted by Crippen LogP contribution is 2.35. The average molecular weight is 452 g/mol. The number of hydrazone groups is 1. The van der Waals surface area contributed by atoms with E-state index in [1.165, 1.54) is 54.9 Å². The van der Waals surface area contributed by atoms with E-state index < -0.39 is 0 Å². The zero-order valence-electron chi connectivity index (χ0n) is 18.0. The van der Waals surface area contributed by atoms with Gasteiger partial charge >= 0.3 is 0 Å². The number of nitrogens with zero attached hydrogens (tertiary/aromatic N) is 4. The summed E-state index contributed by atoms with van der Waals surface area (Å²) in [6.45, 7) is 2.06. The summed E-state index contributed by atoms with van der Waals surface area (Å²) >= 11 is 1.36. The van der Waals surface area contributed by atoms with E-state index in [0.29, 0.717) is 11.6 Å². The zero-order chi connectivity index (χ0) is 22.3. The molecule has 2 aromatic carbocycles. The van der Waals surface area contributed by atoms with Crippen molar-refractivity contribution in [1.29, 1.82) is 0 Å². The van der Waals surface area contributed by atoms with Crippen LogP contribution in [0.3, 0.4) is 0 Å². The molecule has 1 aliphatic carbocycles. The number of amides is 1. The average Bonchev–Trinajstić information content (AvgIpc) is 3.23. The summed E-state index contributed by atoms with van der Waals surface area (Å²) in [7, 11) is 0. The fourth-order valence-electron chi connectivity index (χ4n) is 3.87. The molecule has 1 aliphatic rings. The van der Waals surface area contributed by atoms with Gasteiger partial charge in [-0.05, 0) is 37.5 Å². The van der Waals surface area contributed by atoms with Crippen molar-refractivity contribution < 1.29 is 9.18 Å². The lowest BCUT2D eigenvalue weighted by atomic mass is 9.95. The molecule has 1 N–H and O–H groups in total. The van der Waals surface area contributed by atoms with E-state index in [1.807, 2.05) is 0 Å². The first kappa shape index (κ1) is 22.2. The minimum atomic E-state index is -0.345. The molecule has 166 valence electrons. The highest BCUT2D eigenvalue weighted by Gasteiger charge is 2.24. The lowest BCUT2D eigenvalue weighted by Gasteiger charge is -2.25. The van der Waals surface area contributed by atoms with Gasteiger partial charge in [-0.1, -0.05) is 73.0 Å². The highest BCUT2D eigenvalue weighted by atomic mass is 32.2. The molecular formula is C24H26FN5OS. The number of carbonyl (C=O) groups is 1. The molecule has 4 rings (SSSR count). The van der Waals surface area contributed by atoms with Crippen molar-refractivity contribution in [2.45, 2.75) is 50.2 Å². The van der Waals surface area contributed by atoms with Gasteiger partial charge in [0.1, 0.15) is 5.82 Å². The van der Waals surface area contributed by atoms with E-state index >= 15 is 0 Å². The van der Waals surface area contributed by atoms with Crippen LogP contribution >= 0.6 is 11.8 Å². The van der Waals surface area contributed by atoms with Gasteiger partial charge in [0, 0.05) is 11.6 Å². The fourth-order valence-corrected chi connectivity index (χ4v) is 4.67. The Balaban J connectivity index is 1.45. The van der Waals surface area contributed by atoms with Crippen molar-refractivity contribution in [2.75, 3.05) is 5.75 Å². The van der Waals surface area contributed by atoms with Crippen molar-refractivity contribution in [1.82, 2.24) is 20.2 Å². The summed E-state index contributed by atoms with van der Waals surface area (Å²) in [5.74, 6) is 0.420. The molecule has 0 unspecified atom stereocenters. The third kappa shape index (κ3) is 5.62. The predicted octanol–water partition coefficient (Wildman–Crippen LogP) is 5.14. The molecule has 32 heavy (non-hydrogen) atoms. The zero-order valence-corrected chi connectivity index (χ0v) is 18.8. The second-order valence-corrected chi connectivity index (χ2v) is 8.91. The molecule has 1 heterocycles. The summed E-state index contributed by atoms with van der Waals surface area (Å²) in [5.41, 5.74) is 5.30. The number of halogens is 1. The second-order valence-electron chi connectivity index (χ2n) is 7.97. The van der Waals surface area contributed by atoms with Gasteiger partial charge < -0.3 is 0 Å². The van der Waals surface area contributed by atoms with Crippen LogP contribution < -0.4 is 5.43 Å². The molecule has 1 fully saturated rings. The Morgan fingerprint density at radius 1 is 1.19 bits per heavy atom. The van der Waals surface area contributed by atoms with Gasteiger partial charge in [0.05, 0.1) is 12.0 Å². The summed E-state index contributed by atoms with van der Waals surface area (Å²) in [4.78, 5) is 12.3. The van der Waals surface area contributed by atoms with Crippen molar-refractivity contribution in [2.24, 2.45) is 5.10 Å². The first-order valence-electron chi connectivity index (χ1n) is 10.8. The third-order valence-corrected chi connectivity index (χ3v) is 6.44. The first-order valence-corrected chi connectivity index (χ1v) is 11.8. The number of hydrogen-bond donors (Lipinski definition) is 1. The monoisotopic (exact) mass is 451 g/mol. The molecule has 0 radical (unpaired) electrons. The maximum atomic E-state index is 13.2. The molecule has 0 saturated heterocycles. The van der Waals surface area contributed by atoms with Crippen LogP contribution in [0.4, 0.5) is 4.39 Å². The van der Waals surface area contributed by atoms with Gasteiger partial charge in [-0.15, -0.1) is 10.2 Å². The number of benzene rings is 2. The molecule has 0 atom stereocenters. The van der Waals surface area contributed by atoms with Crippen LogP contribution in [-0.2, 0) is 4.79 Å². The number of carbonyl (C=O) groups excluding carboxylic acids is 1. The topological polar surface area (TPSA) is 72.2 Å². The number of rotatable bonds is 7. The fraction of sp³-hybridized carbons (Fsp3) is 0.333. The van der Waals surface area contributed by atoms with Crippen LogP contribution in [-0.4, -0.2) is 32.6 Å². The molecule has 1 aromatic heterocycles. The molecule has 1 saturated carbocycles. The number of hydrogen-bond acceptors (Lipinski definition) is 5. The summed E-state index contributed by atoms with van der Waals surface area (Å²) in [6, 6.07) is 14.7. The number of aromatic nitrogens is 3. The Morgan fingerprint density at radius 3 is 2.72 bits per heavy atom. The third-order valence-electron chi connectivity index (χ3n) is 5.50. The van der Waals surface area contributed by atoms with Crippen LogP contribution in [0.2, 0.25) is 0 Å². The molecule has 6 nitrogen and oxygen atoms in total. The molecule has 8 heteroatoms. The van der Waals surface area contributed by atoms with Gasteiger partial charge in [0.25, 0.3) is 5.91 Å². The van der Waals surface area contributed by atoms with Gasteiger partial charge in [-0.2, -0.15) is 5.10 Å². The van der Waals surface area contributed by atoms with Gasteiger partial charge in [0.15, 0.2) is 11.0 Å². The maximum Gasteiger partial charge on any atom is 0.250 e. The highest BCUT2D eigenvalue weighted by molar-refractivity contribution is 7.99. The molecule has 0 aliphatic heterocycles. The Labute approximate surface area is 191 Å². The van der Waals surface area contributed by atoms with E-state index in [1.54, 1.807) is 12.1 Å². The minimum Gasteiger partial charge on any atom is -0.299 e. The lowest BCUT2D eigenvalue weighted by Crippen LogP contribution is -2.20. The smallest absolute Gasteiger partial charge is 0.250 e. The van der Waals surface area contributed by atoms with Gasteiger partial charge in [-0.25, -0.2) is 9.82 Å². The Bertz CT molecular complexity index is 1090. The molecular weight excluding hydrogens is 425 g/mol. The van der Waals surface area contributed by atoms with Crippen LogP contribution in [0.5, 0.6) is 0 Å². The minimum absolute atomic E-state index is 0.166. The van der Waals surface area contributed by atoms with Crippen LogP contribution in [0, 0.1) is 12.7 Å². The number of thioether (sulfide) groups is 1. The molecule has 0 spiro atoms. The van der Waals surface area contributed by atoms with Crippen LogP contribution in [0.15, 0.2) is 58.8 Å².